The van der Waals surface area contributed by atoms with Crippen LogP contribution in [0.5, 0.6) is 0 Å². The molecule has 1 atom stereocenters. The van der Waals surface area contributed by atoms with Gasteiger partial charge in [0.25, 0.3) is 0 Å². The van der Waals surface area contributed by atoms with Gasteiger partial charge in [-0.2, -0.15) is 0 Å². The monoisotopic (exact) mass is 184 g/mol. The maximum atomic E-state index is 5.90. The smallest absolute Gasteiger partial charge is 0.00483 e. The highest BCUT2D eigenvalue weighted by Gasteiger charge is 2.09. The van der Waals surface area contributed by atoms with Crippen LogP contribution in [0.25, 0.3) is 0 Å². The third-order valence-corrected chi connectivity index (χ3v) is 3.04. The van der Waals surface area contributed by atoms with Crippen molar-refractivity contribution in [3.05, 3.63) is 0 Å². The Balaban J connectivity index is 2.11. The number of likely N-dealkylation sites (tertiary alicyclic amines) is 1. The molecule has 0 spiro atoms. The highest BCUT2D eigenvalue weighted by atomic mass is 15.1. The van der Waals surface area contributed by atoms with Gasteiger partial charge in [-0.15, -0.1) is 0 Å². The molecule has 1 fully saturated rings. The van der Waals surface area contributed by atoms with Crippen LogP contribution >= 0.6 is 0 Å². The van der Waals surface area contributed by atoms with Gasteiger partial charge in [0.15, 0.2) is 0 Å². The molecule has 1 unspecified atom stereocenters. The molecule has 0 aliphatic carbocycles. The predicted molar refractivity (Wildman–Crippen MR) is 57.8 cm³/mol. The van der Waals surface area contributed by atoms with Crippen molar-refractivity contribution in [1.82, 2.24) is 4.90 Å². The van der Waals surface area contributed by atoms with Crippen LogP contribution in [0.1, 0.15) is 45.4 Å². The summed E-state index contributed by atoms with van der Waals surface area (Å²) in [4.78, 5) is 2.59. The maximum absolute atomic E-state index is 5.90. The van der Waals surface area contributed by atoms with Crippen molar-refractivity contribution >= 4 is 0 Å². The average molecular weight is 184 g/mol. The maximum Gasteiger partial charge on any atom is 0.00483 e. The Kier molecular flexibility index (Phi) is 5.40. The van der Waals surface area contributed by atoms with Crippen LogP contribution in [0.4, 0.5) is 0 Å². The summed E-state index contributed by atoms with van der Waals surface area (Å²) in [7, 11) is 0. The minimum absolute atomic E-state index is 0.420. The summed E-state index contributed by atoms with van der Waals surface area (Å²) in [6, 6.07) is 0.420. The molecule has 0 aromatic carbocycles. The van der Waals surface area contributed by atoms with E-state index in [-0.39, 0.29) is 0 Å². The lowest BCUT2D eigenvalue weighted by molar-refractivity contribution is 0.272. The van der Waals surface area contributed by atoms with Gasteiger partial charge in [0, 0.05) is 6.04 Å². The van der Waals surface area contributed by atoms with E-state index in [0.717, 1.165) is 6.42 Å². The van der Waals surface area contributed by atoms with Crippen molar-refractivity contribution in [3.63, 3.8) is 0 Å². The van der Waals surface area contributed by atoms with Crippen LogP contribution in [-0.2, 0) is 0 Å². The Morgan fingerprint density at radius 3 is 2.31 bits per heavy atom. The minimum atomic E-state index is 0.420. The Hall–Kier alpha value is -0.0800. The Morgan fingerprint density at radius 1 is 1.15 bits per heavy atom. The van der Waals surface area contributed by atoms with Crippen LogP contribution in [-0.4, -0.2) is 30.6 Å². The van der Waals surface area contributed by atoms with E-state index in [2.05, 4.69) is 11.8 Å². The van der Waals surface area contributed by atoms with Gasteiger partial charge in [-0.1, -0.05) is 19.8 Å². The molecule has 2 N–H and O–H groups in total. The van der Waals surface area contributed by atoms with Crippen LogP contribution in [0.3, 0.4) is 0 Å². The number of hydrogen-bond acceptors (Lipinski definition) is 2. The molecule has 1 aliphatic heterocycles. The molecule has 1 heterocycles. The van der Waals surface area contributed by atoms with Gasteiger partial charge >= 0.3 is 0 Å². The topological polar surface area (TPSA) is 29.3 Å². The molecule has 0 saturated carbocycles. The third-order valence-electron chi connectivity index (χ3n) is 3.04. The molecule has 1 saturated heterocycles. The van der Waals surface area contributed by atoms with Crippen molar-refractivity contribution < 1.29 is 0 Å². The number of nitrogens with two attached hydrogens (primary N) is 1. The van der Waals surface area contributed by atoms with Crippen molar-refractivity contribution in [1.29, 1.82) is 0 Å². The van der Waals surface area contributed by atoms with E-state index in [4.69, 9.17) is 5.73 Å². The molecule has 0 aromatic heterocycles. The highest BCUT2D eigenvalue weighted by Crippen LogP contribution is 2.10. The molecule has 13 heavy (non-hydrogen) atoms. The number of rotatable bonds is 4. The van der Waals surface area contributed by atoms with Gasteiger partial charge in [-0.3, -0.25) is 0 Å². The van der Waals surface area contributed by atoms with Gasteiger partial charge in [-0.05, 0) is 45.3 Å². The summed E-state index contributed by atoms with van der Waals surface area (Å²) >= 11 is 0. The van der Waals surface area contributed by atoms with Gasteiger partial charge in [0.2, 0.25) is 0 Å². The van der Waals surface area contributed by atoms with Crippen molar-refractivity contribution in [2.75, 3.05) is 19.6 Å². The quantitative estimate of drug-likeness (QED) is 0.724. The van der Waals surface area contributed by atoms with E-state index in [0.29, 0.717) is 6.04 Å². The lowest BCUT2D eigenvalue weighted by Crippen LogP contribution is -2.30. The molecular formula is C11H24N2. The molecule has 2 nitrogen and oxygen atoms in total. The van der Waals surface area contributed by atoms with Gasteiger partial charge in [0.05, 0.1) is 0 Å². The second-order valence-electron chi connectivity index (χ2n) is 4.21. The molecule has 2 heteroatoms. The Bertz CT molecular complexity index is 117. The van der Waals surface area contributed by atoms with Gasteiger partial charge in [-0.25, -0.2) is 0 Å². The van der Waals surface area contributed by atoms with Crippen LogP contribution in [0.15, 0.2) is 0 Å². The first kappa shape index (κ1) is 11.0. The molecule has 0 amide bonds. The summed E-state index contributed by atoms with van der Waals surface area (Å²) in [5, 5.41) is 0. The van der Waals surface area contributed by atoms with E-state index in [1.807, 2.05) is 0 Å². The van der Waals surface area contributed by atoms with Crippen molar-refractivity contribution in [2.24, 2.45) is 5.73 Å². The fourth-order valence-electron chi connectivity index (χ4n) is 1.91. The van der Waals surface area contributed by atoms with E-state index < -0.39 is 0 Å². The van der Waals surface area contributed by atoms with Gasteiger partial charge in [0.1, 0.15) is 0 Å². The zero-order chi connectivity index (χ0) is 9.52. The normalized spacial score (nSPS) is 22.6. The Morgan fingerprint density at radius 2 is 1.77 bits per heavy atom. The van der Waals surface area contributed by atoms with Crippen LogP contribution in [0.2, 0.25) is 0 Å². The van der Waals surface area contributed by atoms with Crippen LogP contribution in [0, 0.1) is 0 Å². The van der Waals surface area contributed by atoms with Crippen molar-refractivity contribution in [3.8, 4) is 0 Å². The summed E-state index contributed by atoms with van der Waals surface area (Å²) < 4.78 is 0. The summed E-state index contributed by atoms with van der Waals surface area (Å²) in [6.45, 7) is 6.00. The van der Waals surface area contributed by atoms with Gasteiger partial charge < -0.3 is 10.6 Å². The molecule has 0 aromatic rings. The van der Waals surface area contributed by atoms with Crippen molar-refractivity contribution in [2.45, 2.75) is 51.5 Å². The lowest BCUT2D eigenvalue weighted by atomic mass is 10.1. The lowest BCUT2D eigenvalue weighted by Gasteiger charge is -2.21. The van der Waals surface area contributed by atoms with E-state index in [1.54, 1.807) is 0 Å². The van der Waals surface area contributed by atoms with E-state index >= 15 is 0 Å². The first-order chi connectivity index (χ1) is 6.33. The molecule has 78 valence electrons. The predicted octanol–water partition coefficient (Wildman–Crippen LogP) is 1.99. The molecule has 1 rings (SSSR count). The molecule has 0 radical (unpaired) electrons. The first-order valence-corrected chi connectivity index (χ1v) is 5.81. The Labute approximate surface area is 82.5 Å². The highest BCUT2D eigenvalue weighted by molar-refractivity contribution is 4.67. The summed E-state index contributed by atoms with van der Waals surface area (Å²) in [6.07, 6.45) is 7.93. The molecular weight excluding hydrogens is 160 g/mol. The molecule has 0 bridgehead atoms. The minimum Gasteiger partial charge on any atom is -0.328 e. The first-order valence-electron chi connectivity index (χ1n) is 5.81. The number of nitrogens with zero attached hydrogens (tertiary/aromatic N) is 1. The molecule has 1 aliphatic rings. The fraction of sp³-hybridized carbons (Fsp3) is 1.00. The average Bonchev–Trinajstić information content (AvgIpc) is 2.42. The largest absolute Gasteiger partial charge is 0.328 e. The standard InChI is InChI=1S/C11H24N2/c1-2-11(12)7-10-13-8-5-3-4-6-9-13/h11H,2-10,12H2,1H3. The zero-order valence-corrected chi connectivity index (χ0v) is 8.97. The number of hydrogen-bond donors (Lipinski definition) is 1. The third kappa shape index (κ3) is 4.63. The van der Waals surface area contributed by atoms with Crippen LogP contribution < -0.4 is 5.73 Å². The summed E-state index contributed by atoms with van der Waals surface area (Å²) in [5.41, 5.74) is 5.90. The van der Waals surface area contributed by atoms with E-state index in [1.165, 1.54) is 51.7 Å². The second-order valence-corrected chi connectivity index (χ2v) is 4.21. The van der Waals surface area contributed by atoms with E-state index in [9.17, 15) is 0 Å². The second kappa shape index (κ2) is 6.39. The SMILES string of the molecule is CCC(N)CCN1CCCCCC1. The summed E-state index contributed by atoms with van der Waals surface area (Å²) in [5.74, 6) is 0. The zero-order valence-electron chi connectivity index (χ0n) is 8.97. The fourth-order valence-corrected chi connectivity index (χ4v) is 1.91.